The fraction of sp³-hybridized carbons (Fsp3) is 0.276. The van der Waals surface area contributed by atoms with Crippen LogP contribution in [0.2, 0.25) is 10.2 Å². The van der Waals surface area contributed by atoms with Gasteiger partial charge in [-0.25, -0.2) is 9.98 Å². The zero-order valence-corrected chi connectivity index (χ0v) is 23.2. The van der Waals surface area contributed by atoms with E-state index >= 15 is 0 Å². The number of rotatable bonds is 7. The third-order valence-electron chi connectivity index (χ3n) is 6.56. The third kappa shape index (κ3) is 6.01. The maximum absolute atomic E-state index is 13.6. The van der Waals surface area contributed by atoms with Gasteiger partial charge in [0.1, 0.15) is 12.3 Å². The minimum absolute atomic E-state index is 0.0429. The number of thioether (sulfide) groups is 1. The molecule has 38 heavy (non-hydrogen) atoms. The summed E-state index contributed by atoms with van der Waals surface area (Å²) >= 11 is 13.9. The first-order valence-electron chi connectivity index (χ1n) is 12.5. The van der Waals surface area contributed by atoms with Crippen LogP contribution in [0.25, 0.3) is 6.08 Å². The van der Waals surface area contributed by atoms with Gasteiger partial charge in [0.15, 0.2) is 21.8 Å². The molecule has 2 heterocycles. The summed E-state index contributed by atoms with van der Waals surface area (Å²) in [6.45, 7) is 0.317. The van der Waals surface area contributed by atoms with E-state index in [9.17, 15) is 4.79 Å². The third-order valence-corrected chi connectivity index (χ3v) is 8.20. The SMILES string of the molecule is COc1cc(/C=C2\SC(=Nc3cccnc3Cl)N(C3CCCCC3)C2=O)ccc1OCc1ccccc1Cl. The van der Waals surface area contributed by atoms with Crippen LogP contribution in [0, 0.1) is 0 Å². The molecule has 0 radical (unpaired) electrons. The van der Waals surface area contributed by atoms with Crippen LogP contribution in [0.1, 0.15) is 43.2 Å². The Morgan fingerprint density at radius 2 is 1.89 bits per heavy atom. The molecule has 1 saturated heterocycles. The number of carbonyl (C=O) groups excluding carboxylic acids is 1. The summed E-state index contributed by atoms with van der Waals surface area (Å²) in [6.07, 6.45) is 8.82. The molecule has 1 saturated carbocycles. The molecule has 1 aliphatic heterocycles. The smallest absolute Gasteiger partial charge is 0.267 e. The fourth-order valence-corrected chi connectivity index (χ4v) is 6.01. The van der Waals surface area contributed by atoms with Gasteiger partial charge in [-0.1, -0.05) is 66.7 Å². The Balaban J connectivity index is 1.41. The van der Waals surface area contributed by atoms with E-state index in [-0.39, 0.29) is 11.9 Å². The Kier molecular flexibility index (Phi) is 8.57. The van der Waals surface area contributed by atoms with Crippen molar-refractivity contribution in [3.05, 3.63) is 87.0 Å². The molecule has 0 unspecified atom stereocenters. The second kappa shape index (κ2) is 12.2. The number of methoxy groups -OCH3 is 1. The Labute approximate surface area is 236 Å². The number of benzene rings is 2. The molecule has 6 nitrogen and oxygen atoms in total. The number of halogens is 2. The van der Waals surface area contributed by atoms with Gasteiger partial charge in [-0.05, 0) is 66.6 Å². The van der Waals surface area contributed by atoms with Crippen molar-refractivity contribution in [2.45, 2.75) is 44.8 Å². The van der Waals surface area contributed by atoms with Crippen molar-refractivity contribution in [3.63, 3.8) is 0 Å². The topological polar surface area (TPSA) is 64.0 Å². The maximum atomic E-state index is 13.6. The van der Waals surface area contributed by atoms with Crippen LogP contribution in [0.5, 0.6) is 11.5 Å². The van der Waals surface area contributed by atoms with E-state index in [1.807, 2.05) is 53.4 Å². The summed E-state index contributed by atoms with van der Waals surface area (Å²) in [5.74, 6) is 1.12. The highest BCUT2D eigenvalue weighted by molar-refractivity contribution is 8.18. The Hall–Kier alpha value is -3.00. The van der Waals surface area contributed by atoms with E-state index in [4.69, 9.17) is 37.7 Å². The van der Waals surface area contributed by atoms with Crippen molar-refractivity contribution in [1.29, 1.82) is 0 Å². The summed E-state index contributed by atoms with van der Waals surface area (Å²) in [6, 6.07) is 16.9. The van der Waals surface area contributed by atoms with E-state index in [2.05, 4.69) is 4.98 Å². The molecule has 9 heteroatoms. The van der Waals surface area contributed by atoms with Crippen LogP contribution in [0.3, 0.4) is 0 Å². The van der Waals surface area contributed by atoms with Crippen molar-refractivity contribution in [2.75, 3.05) is 7.11 Å². The number of hydrogen-bond acceptors (Lipinski definition) is 6. The number of aliphatic imine (C=N–C) groups is 1. The second-order valence-corrected chi connectivity index (χ2v) is 10.9. The van der Waals surface area contributed by atoms with Crippen LogP contribution in [0.15, 0.2) is 70.7 Å². The molecule has 2 fully saturated rings. The molecular weight excluding hydrogens is 541 g/mol. The monoisotopic (exact) mass is 567 g/mol. The Morgan fingerprint density at radius 3 is 2.66 bits per heavy atom. The summed E-state index contributed by atoms with van der Waals surface area (Å²) < 4.78 is 11.6. The maximum Gasteiger partial charge on any atom is 0.267 e. The van der Waals surface area contributed by atoms with Crippen molar-refractivity contribution in [3.8, 4) is 11.5 Å². The van der Waals surface area contributed by atoms with E-state index in [1.54, 1.807) is 25.4 Å². The van der Waals surface area contributed by atoms with Gasteiger partial charge in [0.2, 0.25) is 0 Å². The molecule has 2 aliphatic rings. The van der Waals surface area contributed by atoms with Crippen molar-refractivity contribution in [2.24, 2.45) is 4.99 Å². The zero-order valence-electron chi connectivity index (χ0n) is 20.9. The largest absolute Gasteiger partial charge is 0.493 e. The molecule has 1 amide bonds. The van der Waals surface area contributed by atoms with E-state index in [0.29, 0.717) is 44.0 Å². The summed E-state index contributed by atoms with van der Waals surface area (Å²) in [5.41, 5.74) is 2.26. The molecular formula is C29H27Cl2N3O3S. The number of carbonyl (C=O) groups is 1. The molecule has 0 bridgehead atoms. The van der Waals surface area contributed by atoms with E-state index in [0.717, 1.165) is 36.8 Å². The predicted octanol–water partition coefficient (Wildman–Crippen LogP) is 7.91. The zero-order chi connectivity index (χ0) is 26.5. The number of amides is 1. The summed E-state index contributed by atoms with van der Waals surface area (Å²) in [5, 5.41) is 1.60. The number of hydrogen-bond donors (Lipinski definition) is 0. The molecule has 2 aromatic carbocycles. The van der Waals surface area contributed by atoms with Gasteiger partial charge in [-0.3, -0.25) is 9.69 Å². The highest BCUT2D eigenvalue weighted by Gasteiger charge is 2.38. The van der Waals surface area contributed by atoms with Crippen LogP contribution in [-0.4, -0.2) is 34.1 Å². The predicted molar refractivity (Wildman–Crippen MR) is 154 cm³/mol. The first-order valence-corrected chi connectivity index (χ1v) is 14.1. The number of pyridine rings is 1. The van der Waals surface area contributed by atoms with Crippen molar-refractivity contribution >= 4 is 57.8 Å². The molecule has 5 rings (SSSR count). The highest BCUT2D eigenvalue weighted by Crippen LogP contribution is 2.40. The standard InChI is InChI=1S/C29H27Cl2N3O3S/c1-36-25-16-19(13-14-24(25)37-18-20-8-5-6-11-22(20)30)17-26-28(35)34(21-9-3-2-4-10-21)29(38-26)33-23-12-7-15-32-27(23)31/h5-8,11-17,21H,2-4,9-10,18H2,1H3/b26-17-,33-29?. The van der Waals surface area contributed by atoms with Crippen LogP contribution >= 0.6 is 35.0 Å². The van der Waals surface area contributed by atoms with Crippen LogP contribution < -0.4 is 9.47 Å². The average Bonchev–Trinajstić information content (AvgIpc) is 3.24. The first-order chi connectivity index (χ1) is 18.5. The Bertz CT molecular complexity index is 1390. The van der Waals surface area contributed by atoms with Gasteiger partial charge in [0.05, 0.1) is 12.0 Å². The Morgan fingerprint density at radius 1 is 1.08 bits per heavy atom. The lowest BCUT2D eigenvalue weighted by atomic mass is 9.94. The lowest BCUT2D eigenvalue weighted by Crippen LogP contribution is -2.40. The number of amidine groups is 1. The molecule has 3 aromatic rings. The van der Waals surface area contributed by atoms with Gasteiger partial charge in [-0.15, -0.1) is 0 Å². The minimum atomic E-state index is -0.0429. The fourth-order valence-electron chi connectivity index (χ4n) is 4.61. The van der Waals surface area contributed by atoms with Crippen LogP contribution in [-0.2, 0) is 11.4 Å². The van der Waals surface area contributed by atoms with Gasteiger partial charge in [0, 0.05) is 22.8 Å². The van der Waals surface area contributed by atoms with Crippen molar-refractivity contribution < 1.29 is 14.3 Å². The summed E-state index contributed by atoms with van der Waals surface area (Å²) in [7, 11) is 1.59. The van der Waals surface area contributed by atoms with E-state index in [1.165, 1.54) is 18.2 Å². The lowest BCUT2D eigenvalue weighted by molar-refractivity contribution is -0.124. The number of aromatic nitrogens is 1. The van der Waals surface area contributed by atoms with Gasteiger partial charge in [-0.2, -0.15) is 0 Å². The molecule has 0 spiro atoms. The second-order valence-electron chi connectivity index (χ2n) is 9.08. The lowest BCUT2D eigenvalue weighted by Gasteiger charge is -2.30. The molecule has 1 aliphatic carbocycles. The minimum Gasteiger partial charge on any atom is -0.493 e. The molecule has 0 N–H and O–H groups in total. The first kappa shape index (κ1) is 26.6. The van der Waals surface area contributed by atoms with Crippen molar-refractivity contribution in [1.82, 2.24) is 9.88 Å². The highest BCUT2D eigenvalue weighted by atomic mass is 35.5. The van der Waals surface area contributed by atoms with E-state index < -0.39 is 0 Å². The number of nitrogens with zero attached hydrogens (tertiary/aromatic N) is 3. The molecule has 1 aromatic heterocycles. The summed E-state index contributed by atoms with van der Waals surface area (Å²) in [4.78, 5) is 25.0. The van der Waals surface area contributed by atoms with Gasteiger partial charge < -0.3 is 9.47 Å². The average molecular weight is 569 g/mol. The quantitative estimate of drug-likeness (QED) is 0.214. The number of ether oxygens (including phenoxy) is 2. The molecule has 0 atom stereocenters. The van der Waals surface area contributed by atoms with Gasteiger partial charge >= 0.3 is 0 Å². The van der Waals surface area contributed by atoms with Crippen LogP contribution in [0.4, 0.5) is 5.69 Å². The van der Waals surface area contributed by atoms with Gasteiger partial charge in [0.25, 0.3) is 5.91 Å². The normalized spacial score (nSPS) is 18.4. The molecule has 196 valence electrons.